The van der Waals surface area contributed by atoms with E-state index in [2.05, 4.69) is 21.3 Å². The first kappa shape index (κ1) is 56.9. The van der Waals surface area contributed by atoms with E-state index in [1.54, 1.807) is 0 Å². The van der Waals surface area contributed by atoms with Crippen molar-refractivity contribution in [1.82, 2.24) is 21.3 Å². The molecule has 18 heteroatoms. The molecule has 4 rings (SSSR count). The fraction of sp³-hybridized carbons (Fsp3) is 0.385. The molecule has 14 N–H and O–H groups in total. The number of benzene rings is 4. The summed E-state index contributed by atoms with van der Waals surface area (Å²) in [6.07, 6.45) is 3.69. The zero-order valence-corrected chi connectivity index (χ0v) is 39.5. The molecule has 4 atom stereocenters. The van der Waals surface area contributed by atoms with Crippen molar-refractivity contribution in [3.8, 4) is 22.3 Å². The first-order valence-corrected chi connectivity index (χ1v) is 23.5. The van der Waals surface area contributed by atoms with Crippen LogP contribution >= 0.6 is 0 Å². The average molecular weight is 965 g/mol. The van der Waals surface area contributed by atoms with Crippen molar-refractivity contribution < 1.29 is 48.6 Å². The van der Waals surface area contributed by atoms with E-state index >= 15 is 0 Å². The summed E-state index contributed by atoms with van der Waals surface area (Å²) in [4.78, 5) is 96.1. The Kier molecular flexibility index (Phi) is 25.7. The van der Waals surface area contributed by atoms with Gasteiger partial charge in [0.2, 0.25) is 35.4 Å². The van der Waals surface area contributed by atoms with Gasteiger partial charge in [0.25, 0.3) is 0 Å². The van der Waals surface area contributed by atoms with Gasteiger partial charge in [-0.2, -0.15) is 0 Å². The fourth-order valence-corrected chi connectivity index (χ4v) is 7.25. The Hall–Kier alpha value is -7.44. The summed E-state index contributed by atoms with van der Waals surface area (Å²) >= 11 is 0. The van der Waals surface area contributed by atoms with Crippen LogP contribution in [-0.4, -0.2) is 94.9 Å². The van der Waals surface area contributed by atoms with Crippen LogP contribution in [0.4, 0.5) is 0 Å². The summed E-state index contributed by atoms with van der Waals surface area (Å²) in [6.45, 7) is 0.931. The van der Waals surface area contributed by atoms with Crippen molar-refractivity contribution in [2.75, 3.05) is 13.1 Å². The Morgan fingerprint density at radius 1 is 0.400 bits per heavy atom. The van der Waals surface area contributed by atoms with E-state index in [-0.39, 0.29) is 51.4 Å². The maximum atomic E-state index is 13.0. The summed E-state index contributed by atoms with van der Waals surface area (Å²) in [6, 6.07) is 31.3. The summed E-state index contributed by atoms with van der Waals surface area (Å²) in [5.41, 5.74) is 27.7. The highest BCUT2D eigenvalue weighted by Crippen LogP contribution is 2.21. The summed E-state index contributed by atoms with van der Waals surface area (Å²) in [7, 11) is 0. The molecule has 0 aromatic heterocycles. The van der Waals surface area contributed by atoms with Crippen LogP contribution in [0.1, 0.15) is 88.2 Å². The molecule has 0 aliphatic heterocycles. The normalized spacial score (nSPS) is 12.4. The molecule has 6 amide bonds. The van der Waals surface area contributed by atoms with Crippen molar-refractivity contribution in [2.24, 2.45) is 22.9 Å². The van der Waals surface area contributed by atoms with Gasteiger partial charge >= 0.3 is 11.9 Å². The number of carboxylic acid groups (broad SMARTS) is 2. The minimum Gasteiger partial charge on any atom is -0.481 e. The number of carbonyl (C=O) groups excluding carboxylic acids is 6. The van der Waals surface area contributed by atoms with Crippen molar-refractivity contribution in [1.29, 1.82) is 0 Å². The molecule has 0 aliphatic carbocycles. The smallest absolute Gasteiger partial charge is 0.303 e. The minimum atomic E-state index is -0.993. The van der Waals surface area contributed by atoms with Crippen LogP contribution in [0.25, 0.3) is 22.3 Å². The van der Waals surface area contributed by atoms with Gasteiger partial charge in [-0.15, -0.1) is 0 Å². The maximum Gasteiger partial charge on any atom is 0.303 e. The van der Waals surface area contributed by atoms with Crippen LogP contribution < -0.4 is 44.2 Å². The number of hydrogen-bond acceptors (Lipinski definition) is 10. The highest BCUT2D eigenvalue weighted by Gasteiger charge is 2.27. The Bertz CT molecular complexity index is 2120. The molecule has 0 unspecified atom stereocenters. The molecule has 0 saturated heterocycles. The van der Waals surface area contributed by atoms with Crippen molar-refractivity contribution >= 4 is 47.4 Å². The third kappa shape index (κ3) is 22.1. The molecule has 0 heterocycles. The molecular formula is C52H68N8O10. The van der Waals surface area contributed by atoms with Gasteiger partial charge in [0.1, 0.15) is 24.2 Å². The number of carbonyl (C=O) groups is 8. The van der Waals surface area contributed by atoms with Gasteiger partial charge in [0.15, 0.2) is 0 Å². The molecule has 0 radical (unpaired) electrons. The highest BCUT2D eigenvalue weighted by molar-refractivity contribution is 5.93. The van der Waals surface area contributed by atoms with E-state index in [0.717, 1.165) is 33.4 Å². The lowest BCUT2D eigenvalue weighted by atomic mass is 9.99. The van der Waals surface area contributed by atoms with Crippen LogP contribution in [-0.2, 0) is 51.2 Å². The number of nitrogens with two attached hydrogens (primary N) is 4. The summed E-state index contributed by atoms with van der Waals surface area (Å²) < 4.78 is 0. The minimum absolute atomic E-state index is 0.0290. The molecular weight excluding hydrogens is 897 g/mol. The second kappa shape index (κ2) is 31.6. The van der Waals surface area contributed by atoms with Gasteiger partial charge in [-0.25, -0.2) is 0 Å². The molecule has 4 aromatic rings. The SMILES string of the molecule is NCCCC[C@@H](NC(=O)[C@@H](Cc1ccc(-c2ccccc2)cc1)NC(=O)CCCC(=O)O)C(N)=O.NCCCC[C@H](NC(=O)[C@H](Cc1ccc(-c2ccccc2)cc1)NC(=O)CCCC(=O)O)C(N)=O. The molecule has 70 heavy (non-hydrogen) atoms. The number of unbranched alkanes of at least 4 members (excludes halogenated alkanes) is 2. The van der Waals surface area contributed by atoms with Crippen LogP contribution in [0.3, 0.4) is 0 Å². The molecule has 18 nitrogen and oxygen atoms in total. The largest absolute Gasteiger partial charge is 0.481 e. The number of carboxylic acids is 2. The molecule has 0 saturated carbocycles. The fourth-order valence-electron chi connectivity index (χ4n) is 7.25. The lowest BCUT2D eigenvalue weighted by molar-refractivity contribution is -0.138. The van der Waals surface area contributed by atoms with E-state index in [4.69, 9.17) is 33.1 Å². The van der Waals surface area contributed by atoms with Crippen LogP contribution in [0.5, 0.6) is 0 Å². The van der Waals surface area contributed by atoms with E-state index in [1.807, 2.05) is 109 Å². The van der Waals surface area contributed by atoms with E-state index in [9.17, 15) is 38.4 Å². The maximum absolute atomic E-state index is 13.0. The molecule has 0 fully saturated rings. The van der Waals surface area contributed by atoms with Gasteiger partial charge in [-0.1, -0.05) is 109 Å². The number of amides is 6. The van der Waals surface area contributed by atoms with Gasteiger partial charge in [0.05, 0.1) is 0 Å². The molecule has 0 spiro atoms. The third-order valence-corrected chi connectivity index (χ3v) is 11.1. The average Bonchev–Trinajstić information content (AvgIpc) is 3.33. The first-order chi connectivity index (χ1) is 33.6. The van der Waals surface area contributed by atoms with Gasteiger partial charge < -0.3 is 54.4 Å². The van der Waals surface area contributed by atoms with Crippen molar-refractivity contribution in [2.45, 2.75) is 114 Å². The number of aliphatic carboxylic acids is 2. The summed E-state index contributed by atoms with van der Waals surface area (Å²) in [5, 5.41) is 28.2. The molecule has 4 aromatic carbocycles. The standard InChI is InChI=1S/2C26H34N4O5/c2*27-16-5-4-9-21(25(28)34)30-26(35)22(29-23(31)10-6-11-24(32)33)17-18-12-14-20(15-13-18)19-7-2-1-3-8-19/h2*1-3,7-8,12-15,21-22H,4-6,9-11,16-17,27H2,(H2,28,34)(H,29,31)(H,30,35)(H,32,33)/t2*21-,22-/m10/s1. The van der Waals surface area contributed by atoms with E-state index in [1.165, 1.54) is 0 Å². The predicted octanol–water partition coefficient (Wildman–Crippen LogP) is 3.47. The molecule has 376 valence electrons. The Morgan fingerprint density at radius 3 is 1.03 bits per heavy atom. The second-order valence-corrected chi connectivity index (χ2v) is 16.8. The van der Waals surface area contributed by atoms with Gasteiger partial charge in [-0.3, -0.25) is 38.4 Å². The number of rotatable bonds is 30. The lowest BCUT2D eigenvalue weighted by Crippen LogP contribution is -2.53. The van der Waals surface area contributed by atoms with Crippen molar-refractivity contribution in [3.05, 3.63) is 120 Å². The topological polar surface area (TPSA) is 329 Å². The zero-order valence-electron chi connectivity index (χ0n) is 39.5. The predicted molar refractivity (Wildman–Crippen MR) is 266 cm³/mol. The number of primary amides is 2. The Labute approximate surface area is 408 Å². The highest BCUT2D eigenvalue weighted by atomic mass is 16.4. The number of nitrogens with one attached hydrogen (secondary N) is 4. The monoisotopic (exact) mass is 965 g/mol. The van der Waals surface area contributed by atoms with Crippen LogP contribution in [0, 0.1) is 0 Å². The van der Waals surface area contributed by atoms with Gasteiger partial charge in [0, 0.05) is 38.5 Å². The Morgan fingerprint density at radius 2 is 0.729 bits per heavy atom. The summed E-state index contributed by atoms with van der Waals surface area (Å²) in [5.74, 6) is -5.24. The third-order valence-electron chi connectivity index (χ3n) is 11.1. The van der Waals surface area contributed by atoms with Crippen LogP contribution in [0.2, 0.25) is 0 Å². The molecule has 0 bridgehead atoms. The number of hydrogen-bond donors (Lipinski definition) is 10. The lowest BCUT2D eigenvalue weighted by Gasteiger charge is -2.22. The van der Waals surface area contributed by atoms with E-state index < -0.39 is 71.5 Å². The van der Waals surface area contributed by atoms with Gasteiger partial charge in [-0.05, 0) is 97.8 Å². The first-order valence-electron chi connectivity index (χ1n) is 23.5. The quantitative estimate of drug-likeness (QED) is 0.0336. The van der Waals surface area contributed by atoms with Crippen LogP contribution in [0.15, 0.2) is 109 Å². The van der Waals surface area contributed by atoms with E-state index in [0.29, 0.717) is 51.6 Å². The molecule has 0 aliphatic rings. The van der Waals surface area contributed by atoms with Crippen molar-refractivity contribution in [3.63, 3.8) is 0 Å². The Balaban J connectivity index is 0.000000370. The second-order valence-electron chi connectivity index (χ2n) is 16.8. The zero-order chi connectivity index (χ0) is 51.3.